The van der Waals surface area contributed by atoms with Crippen molar-refractivity contribution >= 4 is 29.7 Å². The number of fused-ring (bicyclic) bond motifs is 1. The third-order valence-electron chi connectivity index (χ3n) is 5.39. The second-order valence-corrected chi connectivity index (χ2v) is 8.14. The highest BCUT2D eigenvalue weighted by atomic mass is 35.5. The number of rotatable bonds is 4. The molecule has 1 aliphatic carbocycles. The molecule has 2 aromatic carbocycles. The van der Waals surface area contributed by atoms with Crippen LogP contribution in [0, 0.1) is 16.5 Å². The number of benzene rings is 2. The van der Waals surface area contributed by atoms with Crippen molar-refractivity contribution < 1.29 is 9.18 Å². The maximum absolute atomic E-state index is 14.2. The molecule has 1 aromatic heterocycles. The number of hydrogen-bond acceptors (Lipinski definition) is 3. The predicted molar refractivity (Wildman–Crippen MR) is 113 cm³/mol. The molecule has 8 heteroatoms. The average molecular weight is 431 g/mol. The summed E-state index contributed by atoms with van der Waals surface area (Å²) in [7, 11) is 0. The van der Waals surface area contributed by atoms with Crippen molar-refractivity contribution in [2.24, 2.45) is 5.92 Å². The Bertz CT molecular complexity index is 1110. The predicted octanol–water partition coefficient (Wildman–Crippen LogP) is 4.84. The van der Waals surface area contributed by atoms with Gasteiger partial charge in [-0.15, -0.1) is 0 Å². The molecule has 0 bridgehead atoms. The zero-order chi connectivity index (χ0) is 20.5. The van der Waals surface area contributed by atoms with Crippen molar-refractivity contribution in [2.45, 2.75) is 32.4 Å². The Labute approximate surface area is 177 Å². The van der Waals surface area contributed by atoms with Crippen LogP contribution in [0.15, 0.2) is 42.5 Å². The fraction of sp³-hybridized carbons (Fsp3) is 0.286. The first-order valence-electron chi connectivity index (χ1n) is 9.42. The van der Waals surface area contributed by atoms with E-state index in [0.717, 1.165) is 17.5 Å². The van der Waals surface area contributed by atoms with E-state index in [1.165, 1.54) is 6.07 Å². The lowest BCUT2D eigenvalue weighted by molar-refractivity contribution is -0.122. The quantitative estimate of drug-likeness (QED) is 0.582. The molecular formula is C21H20ClFN4OS. The van der Waals surface area contributed by atoms with E-state index in [0.29, 0.717) is 27.6 Å². The number of aromatic amines is 1. The van der Waals surface area contributed by atoms with Gasteiger partial charge in [0.25, 0.3) is 0 Å². The maximum Gasteiger partial charge on any atom is 0.240 e. The van der Waals surface area contributed by atoms with Crippen molar-refractivity contribution in [2.75, 3.05) is 0 Å². The van der Waals surface area contributed by atoms with Crippen LogP contribution in [0.1, 0.15) is 30.5 Å². The van der Waals surface area contributed by atoms with Crippen LogP contribution in [-0.4, -0.2) is 20.7 Å². The zero-order valence-corrected chi connectivity index (χ0v) is 17.4. The van der Waals surface area contributed by atoms with Gasteiger partial charge in [-0.1, -0.05) is 30.7 Å². The number of H-pyrrole nitrogens is 1. The lowest BCUT2D eigenvalue weighted by Gasteiger charge is -2.32. The first-order valence-corrected chi connectivity index (χ1v) is 10.2. The number of hydrogen-bond donors (Lipinski definition) is 2. The van der Waals surface area contributed by atoms with Gasteiger partial charge in [-0.3, -0.25) is 14.5 Å². The lowest BCUT2D eigenvalue weighted by atomic mass is 9.80. The van der Waals surface area contributed by atoms with Crippen LogP contribution >= 0.6 is 23.8 Å². The fourth-order valence-electron chi connectivity index (χ4n) is 3.84. The Hall–Kier alpha value is -2.51. The molecule has 0 fully saturated rings. The summed E-state index contributed by atoms with van der Waals surface area (Å²) in [4.78, 5) is 12.9. The lowest BCUT2D eigenvalue weighted by Crippen LogP contribution is -2.37. The highest BCUT2D eigenvalue weighted by Gasteiger charge is 2.29. The number of carbonyl (C=O) groups excluding carboxylic acids is 1. The van der Waals surface area contributed by atoms with Crippen molar-refractivity contribution in [3.8, 4) is 11.4 Å². The number of nitrogens with zero attached hydrogens (tertiary/aromatic N) is 2. The summed E-state index contributed by atoms with van der Waals surface area (Å²) in [6.07, 6.45) is 1.50. The van der Waals surface area contributed by atoms with Crippen LogP contribution in [0.2, 0.25) is 5.02 Å². The summed E-state index contributed by atoms with van der Waals surface area (Å²) < 4.78 is 16.2. The SMILES string of the molecule is C[C@H]1CCc2c(F)cccc2[C@H]1NC(=O)Cn1c(-c2ccc(Cl)cc2)n[nH]c1=S. The average Bonchev–Trinajstić information content (AvgIpc) is 3.05. The molecule has 0 aliphatic heterocycles. The first-order chi connectivity index (χ1) is 13.9. The van der Waals surface area contributed by atoms with Gasteiger partial charge in [-0.2, -0.15) is 5.10 Å². The van der Waals surface area contributed by atoms with Gasteiger partial charge in [0.15, 0.2) is 10.6 Å². The van der Waals surface area contributed by atoms with Crippen LogP contribution in [-0.2, 0) is 17.8 Å². The highest BCUT2D eigenvalue weighted by molar-refractivity contribution is 7.71. The van der Waals surface area contributed by atoms with Crippen LogP contribution < -0.4 is 5.32 Å². The topological polar surface area (TPSA) is 62.7 Å². The summed E-state index contributed by atoms with van der Waals surface area (Å²) in [6.45, 7) is 2.09. The van der Waals surface area contributed by atoms with E-state index < -0.39 is 0 Å². The van der Waals surface area contributed by atoms with Gasteiger partial charge in [0.2, 0.25) is 5.91 Å². The van der Waals surface area contributed by atoms with Crippen molar-refractivity contribution in [1.29, 1.82) is 0 Å². The molecule has 0 radical (unpaired) electrons. The van der Waals surface area contributed by atoms with E-state index in [2.05, 4.69) is 22.4 Å². The molecule has 0 saturated carbocycles. The Balaban J connectivity index is 1.57. The molecule has 1 aliphatic rings. The van der Waals surface area contributed by atoms with Crippen molar-refractivity contribution in [3.05, 3.63) is 69.2 Å². The smallest absolute Gasteiger partial charge is 0.240 e. The third kappa shape index (κ3) is 3.97. The number of halogens is 2. The number of carbonyl (C=O) groups is 1. The van der Waals surface area contributed by atoms with Gasteiger partial charge in [0.1, 0.15) is 12.4 Å². The van der Waals surface area contributed by atoms with Crippen LogP contribution in [0.4, 0.5) is 4.39 Å². The molecule has 150 valence electrons. The second kappa shape index (κ2) is 8.08. The van der Waals surface area contributed by atoms with E-state index in [4.69, 9.17) is 23.8 Å². The van der Waals surface area contributed by atoms with E-state index in [1.54, 1.807) is 22.8 Å². The van der Waals surface area contributed by atoms with E-state index in [9.17, 15) is 9.18 Å². The Kier molecular flexibility index (Phi) is 5.52. The molecule has 1 heterocycles. The monoisotopic (exact) mass is 430 g/mol. The molecule has 0 unspecified atom stereocenters. The third-order valence-corrected chi connectivity index (χ3v) is 5.95. The van der Waals surface area contributed by atoms with Crippen LogP contribution in [0.3, 0.4) is 0 Å². The van der Waals surface area contributed by atoms with Crippen molar-refractivity contribution in [1.82, 2.24) is 20.1 Å². The molecule has 2 atom stereocenters. The van der Waals surface area contributed by atoms with Crippen LogP contribution in [0.5, 0.6) is 0 Å². The van der Waals surface area contributed by atoms with E-state index in [-0.39, 0.29) is 30.2 Å². The van der Waals surface area contributed by atoms with Gasteiger partial charge in [-0.05, 0) is 72.4 Å². The summed E-state index contributed by atoms with van der Waals surface area (Å²) in [6, 6.07) is 12.0. The normalized spacial score (nSPS) is 18.3. The number of aromatic nitrogens is 3. The summed E-state index contributed by atoms with van der Waals surface area (Å²) in [5, 5.41) is 10.7. The second-order valence-electron chi connectivity index (χ2n) is 7.31. The van der Waals surface area contributed by atoms with E-state index in [1.807, 2.05) is 18.2 Å². The molecule has 4 rings (SSSR count). The molecule has 0 spiro atoms. The standard InChI is InChI=1S/C21H20ClFN4OS/c1-12-5-10-15-16(3-2-4-17(15)23)19(12)24-18(28)11-27-20(25-26-21(27)29)13-6-8-14(22)9-7-13/h2-4,6-9,12,19H,5,10-11H2,1H3,(H,24,28)(H,26,29)/t12-,19-/m0/s1. The maximum atomic E-state index is 14.2. The van der Waals surface area contributed by atoms with Crippen molar-refractivity contribution in [3.63, 3.8) is 0 Å². The molecule has 5 nitrogen and oxygen atoms in total. The molecule has 3 aromatic rings. The zero-order valence-electron chi connectivity index (χ0n) is 15.8. The number of amides is 1. The minimum absolute atomic E-state index is 0.0150. The summed E-state index contributed by atoms with van der Waals surface area (Å²) in [5.74, 6) is 0.355. The molecule has 29 heavy (non-hydrogen) atoms. The largest absolute Gasteiger partial charge is 0.347 e. The molecule has 1 amide bonds. The summed E-state index contributed by atoms with van der Waals surface area (Å²) in [5.41, 5.74) is 2.34. The minimum Gasteiger partial charge on any atom is -0.347 e. The Morgan fingerprint density at radius 1 is 1.34 bits per heavy atom. The van der Waals surface area contributed by atoms with Gasteiger partial charge >= 0.3 is 0 Å². The van der Waals surface area contributed by atoms with Gasteiger partial charge in [0, 0.05) is 10.6 Å². The molecule has 2 N–H and O–H groups in total. The van der Waals surface area contributed by atoms with Gasteiger partial charge < -0.3 is 5.32 Å². The highest BCUT2D eigenvalue weighted by Crippen LogP contribution is 2.35. The Morgan fingerprint density at radius 3 is 2.86 bits per heavy atom. The van der Waals surface area contributed by atoms with E-state index >= 15 is 0 Å². The fourth-order valence-corrected chi connectivity index (χ4v) is 4.16. The Morgan fingerprint density at radius 2 is 2.10 bits per heavy atom. The minimum atomic E-state index is -0.234. The van der Waals surface area contributed by atoms with Crippen LogP contribution in [0.25, 0.3) is 11.4 Å². The first kappa shape index (κ1) is 19.8. The van der Waals surface area contributed by atoms with Gasteiger partial charge in [0.05, 0.1) is 6.04 Å². The van der Waals surface area contributed by atoms with Gasteiger partial charge in [-0.25, -0.2) is 4.39 Å². The summed E-state index contributed by atoms with van der Waals surface area (Å²) >= 11 is 11.3. The molecule has 0 saturated heterocycles. The molecular weight excluding hydrogens is 411 g/mol. The number of nitrogens with one attached hydrogen (secondary N) is 2.